The van der Waals surface area contributed by atoms with Crippen molar-refractivity contribution in [3.63, 3.8) is 0 Å². The minimum atomic E-state index is -3.91. The van der Waals surface area contributed by atoms with Crippen LogP contribution in [0, 0.1) is 24.0 Å². The molecular weight excluding hydrogens is 382 g/mol. The maximum atomic E-state index is 12.9. The van der Waals surface area contributed by atoms with E-state index in [4.69, 9.17) is 10.5 Å². The monoisotopic (exact) mass is 407 g/mol. The molecule has 148 valence electrons. The molecule has 0 atom stereocenters. The lowest BCUT2D eigenvalue weighted by atomic mass is 10.1. The zero-order valence-electron chi connectivity index (χ0n) is 15.0. The Morgan fingerprint density at radius 3 is 2.38 bits per heavy atom. The Kier molecular flexibility index (Phi) is 8.42. The van der Waals surface area contributed by atoms with E-state index in [1.807, 2.05) is 0 Å². The first-order valence-electron chi connectivity index (χ1n) is 8.35. The molecule has 0 aliphatic carbocycles. The van der Waals surface area contributed by atoms with Crippen LogP contribution in [0.5, 0.6) is 0 Å². The van der Waals surface area contributed by atoms with E-state index in [1.54, 1.807) is 13.8 Å². The fraction of sp³-hybridized carbons (Fsp3) is 0.625. The first-order valence-corrected chi connectivity index (χ1v) is 9.79. The predicted molar refractivity (Wildman–Crippen MR) is 101 cm³/mol. The van der Waals surface area contributed by atoms with Crippen molar-refractivity contribution >= 4 is 28.1 Å². The summed E-state index contributed by atoms with van der Waals surface area (Å²) < 4.78 is 32.8. The molecule has 0 unspecified atom stereocenters. The molecule has 10 heteroatoms. The highest BCUT2D eigenvalue weighted by molar-refractivity contribution is 7.89. The van der Waals surface area contributed by atoms with Crippen LogP contribution in [0.1, 0.15) is 30.4 Å². The zero-order valence-corrected chi connectivity index (χ0v) is 16.6. The van der Waals surface area contributed by atoms with E-state index in [0.717, 1.165) is 6.42 Å². The number of nitro benzene ring substituents is 1. The van der Waals surface area contributed by atoms with Gasteiger partial charge >= 0.3 is 0 Å². The molecule has 0 saturated carbocycles. The van der Waals surface area contributed by atoms with Crippen LogP contribution < -0.4 is 5.73 Å². The molecule has 8 nitrogen and oxygen atoms in total. The summed E-state index contributed by atoms with van der Waals surface area (Å²) in [6.07, 6.45) is 1.92. The van der Waals surface area contributed by atoms with Gasteiger partial charge in [0.2, 0.25) is 10.0 Å². The average Bonchev–Trinajstić information content (AvgIpc) is 2.57. The van der Waals surface area contributed by atoms with Crippen molar-refractivity contribution in [1.82, 2.24) is 4.31 Å². The van der Waals surface area contributed by atoms with E-state index >= 15 is 0 Å². The van der Waals surface area contributed by atoms with Crippen molar-refractivity contribution in [2.45, 2.75) is 44.1 Å². The maximum Gasteiger partial charge on any atom is 0.289 e. The van der Waals surface area contributed by atoms with E-state index in [9.17, 15) is 18.5 Å². The summed E-state index contributed by atoms with van der Waals surface area (Å²) in [6, 6.07) is 2.72. The van der Waals surface area contributed by atoms with Gasteiger partial charge in [0.15, 0.2) is 4.90 Å². The van der Waals surface area contributed by atoms with Crippen LogP contribution in [0.15, 0.2) is 17.0 Å². The molecule has 2 rings (SSSR count). The number of hydrogen-bond donors (Lipinski definition) is 1. The molecule has 2 N–H and O–H groups in total. The van der Waals surface area contributed by atoms with Crippen LogP contribution in [-0.4, -0.2) is 50.0 Å². The Morgan fingerprint density at radius 1 is 1.27 bits per heavy atom. The van der Waals surface area contributed by atoms with Crippen molar-refractivity contribution in [1.29, 1.82) is 0 Å². The number of piperidine rings is 1. The van der Waals surface area contributed by atoms with Gasteiger partial charge in [-0.2, -0.15) is 4.31 Å². The smallest absolute Gasteiger partial charge is 0.289 e. The van der Waals surface area contributed by atoms with Gasteiger partial charge in [-0.05, 0) is 56.8 Å². The topological polar surface area (TPSA) is 116 Å². The van der Waals surface area contributed by atoms with Gasteiger partial charge in [-0.3, -0.25) is 10.1 Å². The van der Waals surface area contributed by atoms with E-state index in [2.05, 4.69) is 0 Å². The molecule has 1 aromatic carbocycles. The summed E-state index contributed by atoms with van der Waals surface area (Å²) in [4.78, 5) is 10.4. The SMILES string of the molecule is Cc1cc([N+](=O)[O-])c(S(=O)(=O)N2CCC(OCCCN)CC2)cc1C.Cl. The number of ether oxygens (including phenoxy) is 1. The largest absolute Gasteiger partial charge is 0.378 e. The molecular formula is C16H26ClN3O5S. The van der Waals surface area contributed by atoms with Gasteiger partial charge in [0.25, 0.3) is 5.69 Å². The van der Waals surface area contributed by atoms with Crippen molar-refractivity contribution < 1.29 is 18.1 Å². The van der Waals surface area contributed by atoms with Gasteiger partial charge in [0.1, 0.15) is 0 Å². The Morgan fingerprint density at radius 2 is 1.85 bits per heavy atom. The molecule has 1 aliphatic heterocycles. The van der Waals surface area contributed by atoms with E-state index in [1.165, 1.54) is 16.4 Å². The Balaban J connectivity index is 0.00000338. The second kappa shape index (κ2) is 9.61. The van der Waals surface area contributed by atoms with Crippen LogP contribution in [0.2, 0.25) is 0 Å². The van der Waals surface area contributed by atoms with E-state index in [-0.39, 0.29) is 29.1 Å². The summed E-state index contributed by atoms with van der Waals surface area (Å²) in [6.45, 7) is 5.18. The summed E-state index contributed by atoms with van der Waals surface area (Å²) in [5, 5.41) is 11.3. The van der Waals surface area contributed by atoms with Gasteiger partial charge in [-0.1, -0.05) is 0 Å². The third-order valence-corrected chi connectivity index (χ3v) is 6.42. The van der Waals surface area contributed by atoms with Gasteiger partial charge in [-0.25, -0.2) is 8.42 Å². The average molecular weight is 408 g/mol. The van der Waals surface area contributed by atoms with Crippen molar-refractivity contribution in [3.05, 3.63) is 33.4 Å². The number of nitro groups is 1. The van der Waals surface area contributed by atoms with E-state index < -0.39 is 14.9 Å². The third-order valence-electron chi connectivity index (χ3n) is 4.49. The van der Waals surface area contributed by atoms with Crippen molar-refractivity contribution in [2.75, 3.05) is 26.2 Å². The van der Waals surface area contributed by atoms with Crippen LogP contribution in [-0.2, 0) is 14.8 Å². The van der Waals surface area contributed by atoms with Crippen LogP contribution in [0.4, 0.5) is 5.69 Å². The highest BCUT2D eigenvalue weighted by Crippen LogP contribution is 2.31. The van der Waals surface area contributed by atoms with E-state index in [0.29, 0.717) is 50.2 Å². The normalized spacial score (nSPS) is 16.3. The second-order valence-electron chi connectivity index (χ2n) is 6.28. The first-order chi connectivity index (χ1) is 11.8. The fourth-order valence-corrected chi connectivity index (χ4v) is 4.53. The molecule has 1 saturated heterocycles. The Hall–Kier alpha value is -1.26. The zero-order chi connectivity index (χ0) is 18.6. The molecule has 26 heavy (non-hydrogen) atoms. The molecule has 0 bridgehead atoms. The standard InChI is InChI=1S/C16H25N3O5S.ClH/c1-12-10-15(19(20)21)16(11-13(12)2)25(22,23)18-7-4-14(5-8-18)24-9-3-6-17;/h10-11,14H,3-9,17H2,1-2H3;1H. The summed E-state index contributed by atoms with van der Waals surface area (Å²) >= 11 is 0. The number of benzene rings is 1. The molecule has 1 aromatic rings. The highest BCUT2D eigenvalue weighted by atomic mass is 35.5. The molecule has 0 spiro atoms. The number of halogens is 1. The van der Waals surface area contributed by atoms with Crippen LogP contribution >= 0.6 is 12.4 Å². The van der Waals surface area contributed by atoms with Crippen molar-refractivity contribution in [3.8, 4) is 0 Å². The van der Waals surface area contributed by atoms with Crippen LogP contribution in [0.3, 0.4) is 0 Å². The highest BCUT2D eigenvalue weighted by Gasteiger charge is 2.34. The molecule has 0 radical (unpaired) electrons. The number of aryl methyl sites for hydroxylation is 2. The van der Waals surface area contributed by atoms with Gasteiger partial charge in [0.05, 0.1) is 11.0 Å². The second-order valence-corrected chi connectivity index (χ2v) is 8.18. The number of nitrogens with two attached hydrogens (primary N) is 1. The lowest BCUT2D eigenvalue weighted by Crippen LogP contribution is -2.41. The van der Waals surface area contributed by atoms with Gasteiger partial charge < -0.3 is 10.5 Å². The Labute approximate surface area is 160 Å². The van der Waals surface area contributed by atoms with Gasteiger partial charge in [-0.15, -0.1) is 12.4 Å². The first kappa shape index (κ1) is 22.8. The predicted octanol–water partition coefficient (Wildman–Crippen LogP) is 2.15. The van der Waals surface area contributed by atoms with Gasteiger partial charge in [0, 0.05) is 25.8 Å². The lowest BCUT2D eigenvalue weighted by Gasteiger charge is -2.31. The summed E-state index contributed by atoms with van der Waals surface area (Å²) in [5.74, 6) is 0. The minimum absolute atomic E-state index is 0. The maximum absolute atomic E-state index is 12.9. The minimum Gasteiger partial charge on any atom is -0.378 e. The molecule has 1 heterocycles. The molecule has 1 fully saturated rings. The quantitative estimate of drug-likeness (QED) is 0.420. The van der Waals surface area contributed by atoms with Crippen molar-refractivity contribution in [2.24, 2.45) is 5.73 Å². The number of rotatable bonds is 7. The number of hydrogen-bond acceptors (Lipinski definition) is 6. The summed E-state index contributed by atoms with van der Waals surface area (Å²) in [7, 11) is -3.91. The third kappa shape index (κ3) is 5.14. The Bertz CT molecular complexity index is 734. The number of sulfonamides is 1. The molecule has 0 aromatic heterocycles. The van der Waals surface area contributed by atoms with Crippen LogP contribution in [0.25, 0.3) is 0 Å². The summed E-state index contributed by atoms with van der Waals surface area (Å²) in [5.41, 5.74) is 6.46. The number of nitrogens with zero attached hydrogens (tertiary/aromatic N) is 2. The molecule has 0 amide bonds. The molecule has 1 aliphatic rings. The fourth-order valence-electron chi connectivity index (χ4n) is 2.84. The lowest BCUT2D eigenvalue weighted by molar-refractivity contribution is -0.387.